The summed E-state index contributed by atoms with van der Waals surface area (Å²) in [6, 6.07) is 3.51. The third-order valence-electron chi connectivity index (χ3n) is 6.77. The van der Waals surface area contributed by atoms with Gasteiger partial charge in [0.2, 0.25) is 10.0 Å². The van der Waals surface area contributed by atoms with E-state index in [0.717, 1.165) is 31.8 Å². The summed E-state index contributed by atoms with van der Waals surface area (Å²) in [6.45, 7) is 4.56. The van der Waals surface area contributed by atoms with Crippen LogP contribution in [-0.4, -0.2) is 69.1 Å². The lowest BCUT2D eigenvalue weighted by atomic mass is 10.0. The minimum absolute atomic E-state index is 0.00352. The van der Waals surface area contributed by atoms with E-state index in [4.69, 9.17) is 0 Å². The maximum absolute atomic E-state index is 12.7. The van der Waals surface area contributed by atoms with Crippen LogP contribution in [0.15, 0.2) is 21.7 Å². The molecule has 2 saturated heterocycles. The lowest BCUT2D eigenvalue weighted by Gasteiger charge is -2.36. The van der Waals surface area contributed by atoms with E-state index >= 15 is 0 Å². The molecule has 2 N–H and O–H groups in total. The van der Waals surface area contributed by atoms with E-state index < -0.39 is 10.0 Å². The summed E-state index contributed by atoms with van der Waals surface area (Å²) in [4.78, 5) is 17.1. The molecule has 7 nitrogen and oxygen atoms in total. The van der Waals surface area contributed by atoms with Gasteiger partial charge in [-0.1, -0.05) is 18.9 Å². The van der Waals surface area contributed by atoms with Crippen molar-refractivity contribution in [3.05, 3.63) is 17.5 Å². The molecule has 0 unspecified atom stereocenters. The standard InChI is InChI=1S/C21H34N4O3S2/c26-21(22-18-7-11-24(12-8-18)16-17-4-1-2-5-17)25-13-9-19(10-14-25)23-30(27,28)20-6-3-15-29-20/h3,6,15,17-19,23H,1-2,4-5,7-14,16H2,(H,22,26). The van der Waals surface area contributed by atoms with E-state index in [-0.39, 0.29) is 18.1 Å². The second-order valence-corrected chi connectivity index (χ2v) is 11.9. The van der Waals surface area contributed by atoms with Gasteiger partial charge < -0.3 is 15.1 Å². The molecule has 0 bridgehead atoms. The quantitative estimate of drug-likeness (QED) is 0.693. The topological polar surface area (TPSA) is 81.8 Å². The third kappa shape index (κ3) is 5.75. The molecule has 1 aromatic rings. The van der Waals surface area contributed by atoms with Gasteiger partial charge >= 0.3 is 6.03 Å². The molecule has 0 atom stereocenters. The van der Waals surface area contributed by atoms with Crippen molar-refractivity contribution >= 4 is 27.4 Å². The van der Waals surface area contributed by atoms with Crippen molar-refractivity contribution in [1.29, 1.82) is 0 Å². The molecule has 4 rings (SSSR count). The van der Waals surface area contributed by atoms with Crippen molar-refractivity contribution in [3.8, 4) is 0 Å². The van der Waals surface area contributed by atoms with Gasteiger partial charge in [0, 0.05) is 44.8 Å². The highest BCUT2D eigenvalue weighted by molar-refractivity contribution is 7.91. The van der Waals surface area contributed by atoms with Gasteiger partial charge in [0.1, 0.15) is 4.21 Å². The fraction of sp³-hybridized carbons (Fsp3) is 0.762. The maximum Gasteiger partial charge on any atom is 0.317 e. The van der Waals surface area contributed by atoms with Crippen LogP contribution in [-0.2, 0) is 10.0 Å². The molecule has 2 aliphatic heterocycles. The summed E-state index contributed by atoms with van der Waals surface area (Å²) in [6.07, 6.45) is 8.90. The molecule has 0 aromatic carbocycles. The van der Waals surface area contributed by atoms with E-state index in [1.165, 1.54) is 43.6 Å². The molecule has 30 heavy (non-hydrogen) atoms. The Morgan fingerprint density at radius 2 is 1.67 bits per heavy atom. The Bertz CT molecular complexity index is 777. The van der Waals surface area contributed by atoms with Gasteiger partial charge in [0.15, 0.2) is 0 Å². The van der Waals surface area contributed by atoms with Gasteiger partial charge in [-0.25, -0.2) is 17.9 Å². The molecule has 168 valence electrons. The monoisotopic (exact) mass is 454 g/mol. The van der Waals surface area contributed by atoms with Gasteiger partial charge in [0.25, 0.3) is 0 Å². The number of amides is 2. The molecule has 0 spiro atoms. The zero-order chi connectivity index (χ0) is 21.0. The predicted molar refractivity (Wildman–Crippen MR) is 119 cm³/mol. The number of carbonyl (C=O) groups is 1. The minimum atomic E-state index is -3.45. The number of carbonyl (C=O) groups excluding carboxylic acids is 1. The Kier molecular flexibility index (Phi) is 7.33. The normalized spacial score (nSPS) is 23.1. The number of likely N-dealkylation sites (tertiary alicyclic amines) is 2. The van der Waals surface area contributed by atoms with Gasteiger partial charge in [-0.2, -0.15) is 0 Å². The molecular weight excluding hydrogens is 420 g/mol. The van der Waals surface area contributed by atoms with Gasteiger partial charge in [-0.05, 0) is 55.9 Å². The number of piperidine rings is 2. The Morgan fingerprint density at radius 1 is 1.00 bits per heavy atom. The molecule has 0 radical (unpaired) electrons. The molecule has 2 amide bonds. The Morgan fingerprint density at radius 3 is 2.30 bits per heavy atom. The number of hydrogen-bond donors (Lipinski definition) is 2. The highest BCUT2D eigenvalue weighted by atomic mass is 32.2. The molecule has 3 aliphatic rings. The van der Waals surface area contributed by atoms with E-state index in [0.29, 0.717) is 30.1 Å². The number of hydrogen-bond acceptors (Lipinski definition) is 5. The second-order valence-electron chi connectivity index (χ2n) is 8.99. The first kappa shape index (κ1) is 22.0. The minimum Gasteiger partial charge on any atom is -0.335 e. The van der Waals surface area contributed by atoms with Crippen LogP contribution in [0.25, 0.3) is 0 Å². The van der Waals surface area contributed by atoms with E-state index in [1.54, 1.807) is 17.5 Å². The molecule has 9 heteroatoms. The first-order valence-corrected chi connectivity index (χ1v) is 13.7. The predicted octanol–water partition coefficient (Wildman–Crippen LogP) is 2.86. The molecule has 1 aliphatic carbocycles. The zero-order valence-electron chi connectivity index (χ0n) is 17.6. The van der Waals surface area contributed by atoms with Gasteiger partial charge in [-0.3, -0.25) is 0 Å². The molecule has 3 heterocycles. The van der Waals surface area contributed by atoms with Crippen molar-refractivity contribution in [1.82, 2.24) is 19.8 Å². The molecule has 3 fully saturated rings. The van der Waals surface area contributed by atoms with Crippen LogP contribution in [0.1, 0.15) is 51.4 Å². The van der Waals surface area contributed by atoms with Crippen LogP contribution in [0, 0.1) is 5.92 Å². The molecule has 1 saturated carbocycles. The number of nitrogens with one attached hydrogen (secondary N) is 2. The Hall–Kier alpha value is -1.16. The van der Waals surface area contributed by atoms with Crippen LogP contribution in [0.5, 0.6) is 0 Å². The fourth-order valence-electron chi connectivity index (χ4n) is 4.98. The van der Waals surface area contributed by atoms with Crippen molar-refractivity contribution < 1.29 is 13.2 Å². The first-order chi connectivity index (χ1) is 14.5. The SMILES string of the molecule is O=C(NC1CCN(CC2CCCC2)CC1)N1CCC(NS(=O)(=O)c2cccs2)CC1. The lowest BCUT2D eigenvalue weighted by Crippen LogP contribution is -2.53. The zero-order valence-corrected chi connectivity index (χ0v) is 19.2. The number of thiophene rings is 1. The average Bonchev–Trinajstić information content (AvgIpc) is 3.44. The second kappa shape index (κ2) is 9.97. The Balaban J connectivity index is 1.16. The average molecular weight is 455 g/mol. The van der Waals surface area contributed by atoms with Crippen LogP contribution in [0.4, 0.5) is 4.79 Å². The smallest absolute Gasteiger partial charge is 0.317 e. The van der Waals surface area contributed by atoms with Crippen LogP contribution < -0.4 is 10.0 Å². The summed E-state index contributed by atoms with van der Waals surface area (Å²) >= 11 is 1.22. The molecular formula is C21H34N4O3S2. The van der Waals surface area contributed by atoms with E-state index in [1.807, 2.05) is 4.90 Å². The summed E-state index contributed by atoms with van der Waals surface area (Å²) in [5.41, 5.74) is 0. The molecule has 1 aromatic heterocycles. The van der Waals surface area contributed by atoms with Crippen molar-refractivity contribution in [2.75, 3.05) is 32.7 Å². The largest absolute Gasteiger partial charge is 0.335 e. The van der Waals surface area contributed by atoms with Crippen molar-refractivity contribution in [2.45, 2.75) is 67.7 Å². The van der Waals surface area contributed by atoms with Crippen LogP contribution in [0.3, 0.4) is 0 Å². The van der Waals surface area contributed by atoms with Crippen molar-refractivity contribution in [3.63, 3.8) is 0 Å². The highest BCUT2D eigenvalue weighted by Gasteiger charge is 2.29. The van der Waals surface area contributed by atoms with Gasteiger partial charge in [-0.15, -0.1) is 11.3 Å². The van der Waals surface area contributed by atoms with Crippen LogP contribution >= 0.6 is 11.3 Å². The fourth-order valence-corrected chi connectivity index (χ4v) is 7.29. The number of nitrogens with zero attached hydrogens (tertiary/aromatic N) is 2. The van der Waals surface area contributed by atoms with Crippen molar-refractivity contribution in [2.24, 2.45) is 5.92 Å². The van der Waals surface area contributed by atoms with Crippen LogP contribution in [0.2, 0.25) is 0 Å². The maximum atomic E-state index is 12.7. The number of sulfonamides is 1. The summed E-state index contributed by atoms with van der Waals surface area (Å²) in [7, 11) is -3.45. The van der Waals surface area contributed by atoms with E-state index in [9.17, 15) is 13.2 Å². The first-order valence-electron chi connectivity index (χ1n) is 11.3. The number of urea groups is 1. The summed E-state index contributed by atoms with van der Waals surface area (Å²) in [5.74, 6) is 0.884. The highest BCUT2D eigenvalue weighted by Crippen LogP contribution is 2.26. The van der Waals surface area contributed by atoms with Gasteiger partial charge in [0.05, 0.1) is 0 Å². The lowest BCUT2D eigenvalue weighted by molar-refractivity contribution is 0.153. The third-order valence-corrected chi connectivity index (χ3v) is 9.69. The summed E-state index contributed by atoms with van der Waals surface area (Å²) < 4.78 is 27.9. The van der Waals surface area contributed by atoms with E-state index in [2.05, 4.69) is 14.9 Å². The summed E-state index contributed by atoms with van der Waals surface area (Å²) in [5, 5.41) is 4.98. The number of rotatable bonds is 6. The Labute approximate surface area is 184 Å².